The van der Waals surface area contributed by atoms with Crippen LogP contribution in [0.3, 0.4) is 0 Å². The highest BCUT2D eigenvalue weighted by Gasteiger charge is 2.31. The summed E-state index contributed by atoms with van der Waals surface area (Å²) in [6, 6.07) is 8.06. The first-order valence-electron chi connectivity index (χ1n) is 7.60. The quantitative estimate of drug-likeness (QED) is 0.450. The fourth-order valence-electron chi connectivity index (χ4n) is 2.31. The van der Waals surface area contributed by atoms with Crippen molar-refractivity contribution in [3.63, 3.8) is 0 Å². The summed E-state index contributed by atoms with van der Waals surface area (Å²) in [7, 11) is -1.78. The van der Waals surface area contributed by atoms with Gasteiger partial charge < -0.3 is 9.16 Å². The van der Waals surface area contributed by atoms with Gasteiger partial charge in [-0.3, -0.25) is 0 Å². The summed E-state index contributed by atoms with van der Waals surface area (Å²) in [6.45, 7) is 8.94. The minimum Gasteiger partial charge on any atom is -0.544 e. The zero-order chi connectivity index (χ0) is 15.5. The van der Waals surface area contributed by atoms with E-state index in [1.165, 1.54) is 0 Å². The SMILES string of the molecule is CCCCOC(=O)C1=C(O[Si](C)(C)C)c2ccccc2C1. The van der Waals surface area contributed by atoms with E-state index in [9.17, 15) is 4.79 Å². The number of esters is 1. The largest absolute Gasteiger partial charge is 0.544 e. The highest BCUT2D eigenvalue weighted by molar-refractivity contribution is 6.70. The number of fused-ring (bicyclic) bond motifs is 1. The summed E-state index contributed by atoms with van der Waals surface area (Å²) in [5.41, 5.74) is 2.87. The van der Waals surface area contributed by atoms with Crippen molar-refractivity contribution in [2.45, 2.75) is 45.8 Å². The predicted octanol–water partition coefficient (Wildman–Crippen LogP) is 4.15. The standard InChI is InChI=1S/C17H24O3Si/c1-5-6-11-19-17(18)15-12-13-9-7-8-10-14(13)16(15)20-21(2,3)4/h7-10H,5-6,11-12H2,1-4H3. The number of rotatable bonds is 6. The van der Waals surface area contributed by atoms with Crippen LogP contribution in [0.1, 0.15) is 30.9 Å². The molecule has 2 rings (SSSR count). The van der Waals surface area contributed by atoms with Crippen LogP contribution in [0.25, 0.3) is 5.76 Å². The molecule has 1 aliphatic rings. The molecule has 1 aliphatic carbocycles. The van der Waals surface area contributed by atoms with Crippen LogP contribution < -0.4 is 0 Å². The molecule has 0 aromatic heterocycles. The maximum atomic E-state index is 12.3. The fraction of sp³-hybridized carbons (Fsp3) is 0.471. The van der Waals surface area contributed by atoms with Crippen molar-refractivity contribution >= 4 is 20.0 Å². The Labute approximate surface area is 128 Å². The Morgan fingerprint density at radius 3 is 2.62 bits per heavy atom. The second-order valence-corrected chi connectivity index (χ2v) is 10.8. The molecule has 0 heterocycles. The molecule has 0 aliphatic heterocycles. The van der Waals surface area contributed by atoms with Crippen molar-refractivity contribution in [3.05, 3.63) is 41.0 Å². The molecule has 1 aromatic carbocycles. The number of ether oxygens (including phenoxy) is 1. The van der Waals surface area contributed by atoms with Gasteiger partial charge in [-0.1, -0.05) is 37.6 Å². The van der Waals surface area contributed by atoms with Crippen molar-refractivity contribution in [3.8, 4) is 0 Å². The van der Waals surface area contributed by atoms with E-state index in [0.29, 0.717) is 18.6 Å². The number of carbonyl (C=O) groups is 1. The lowest BCUT2D eigenvalue weighted by molar-refractivity contribution is -0.139. The molecule has 3 nitrogen and oxygen atoms in total. The van der Waals surface area contributed by atoms with Gasteiger partial charge in [0, 0.05) is 12.0 Å². The maximum Gasteiger partial charge on any atom is 0.338 e. The van der Waals surface area contributed by atoms with E-state index in [4.69, 9.17) is 9.16 Å². The molecule has 0 saturated carbocycles. The van der Waals surface area contributed by atoms with E-state index in [0.717, 1.165) is 29.7 Å². The molecule has 0 bridgehead atoms. The van der Waals surface area contributed by atoms with Crippen molar-refractivity contribution < 1.29 is 14.0 Å². The molecule has 114 valence electrons. The first-order chi connectivity index (χ1) is 9.92. The molecule has 0 amide bonds. The molecule has 1 aromatic rings. The molecular weight excluding hydrogens is 280 g/mol. The van der Waals surface area contributed by atoms with E-state index in [-0.39, 0.29) is 5.97 Å². The molecule has 0 N–H and O–H groups in total. The Morgan fingerprint density at radius 2 is 1.95 bits per heavy atom. The van der Waals surface area contributed by atoms with Gasteiger partial charge in [0.05, 0.1) is 12.2 Å². The normalized spacial score (nSPS) is 14.1. The lowest BCUT2D eigenvalue weighted by Gasteiger charge is -2.22. The van der Waals surface area contributed by atoms with Crippen molar-refractivity contribution in [1.29, 1.82) is 0 Å². The van der Waals surface area contributed by atoms with Crippen molar-refractivity contribution in [2.24, 2.45) is 0 Å². The monoisotopic (exact) mass is 304 g/mol. The van der Waals surface area contributed by atoms with Crippen LogP contribution in [0.2, 0.25) is 19.6 Å². The number of carbonyl (C=O) groups excluding carboxylic acids is 1. The minimum absolute atomic E-state index is 0.229. The summed E-state index contributed by atoms with van der Waals surface area (Å²) < 4.78 is 11.6. The number of benzene rings is 1. The topological polar surface area (TPSA) is 35.5 Å². The van der Waals surface area contributed by atoms with E-state index >= 15 is 0 Å². The maximum absolute atomic E-state index is 12.3. The Morgan fingerprint density at radius 1 is 1.24 bits per heavy atom. The second kappa shape index (κ2) is 6.48. The van der Waals surface area contributed by atoms with Crippen LogP contribution in [0.5, 0.6) is 0 Å². The zero-order valence-electron chi connectivity index (χ0n) is 13.4. The third-order valence-corrected chi connectivity index (χ3v) is 4.11. The summed E-state index contributed by atoms with van der Waals surface area (Å²) in [4.78, 5) is 12.3. The number of hydrogen-bond donors (Lipinski definition) is 0. The summed E-state index contributed by atoms with van der Waals surface area (Å²) >= 11 is 0. The smallest absolute Gasteiger partial charge is 0.338 e. The van der Waals surface area contributed by atoms with Gasteiger partial charge >= 0.3 is 5.97 Å². The van der Waals surface area contributed by atoms with E-state index in [1.807, 2.05) is 18.2 Å². The molecule has 0 saturated heterocycles. The Kier molecular flexibility index (Phi) is 4.88. The van der Waals surface area contributed by atoms with Crippen molar-refractivity contribution in [1.82, 2.24) is 0 Å². The van der Waals surface area contributed by atoms with Gasteiger partial charge in [-0.05, 0) is 31.6 Å². The lowest BCUT2D eigenvalue weighted by atomic mass is 10.1. The third kappa shape index (κ3) is 3.97. The van der Waals surface area contributed by atoms with Gasteiger partial charge in [0.25, 0.3) is 0 Å². The summed E-state index contributed by atoms with van der Waals surface area (Å²) in [5.74, 6) is 0.513. The van der Waals surface area contributed by atoms with E-state index in [1.54, 1.807) is 0 Å². The molecular formula is C17H24O3Si. The molecule has 0 unspecified atom stereocenters. The highest BCUT2D eigenvalue weighted by atomic mass is 28.4. The Balaban J connectivity index is 2.26. The van der Waals surface area contributed by atoms with Crippen LogP contribution >= 0.6 is 0 Å². The van der Waals surface area contributed by atoms with Gasteiger partial charge in [0.1, 0.15) is 5.76 Å². The van der Waals surface area contributed by atoms with Crippen molar-refractivity contribution in [2.75, 3.05) is 6.61 Å². The number of unbranched alkanes of at least 4 members (excludes halogenated alkanes) is 1. The molecule has 0 fully saturated rings. The Hall–Kier alpha value is -1.55. The molecule has 0 atom stereocenters. The van der Waals surface area contributed by atoms with Gasteiger partial charge in [-0.15, -0.1) is 0 Å². The first kappa shape index (κ1) is 15.8. The minimum atomic E-state index is -1.78. The third-order valence-electron chi connectivity index (χ3n) is 3.29. The first-order valence-corrected chi connectivity index (χ1v) is 11.0. The van der Waals surface area contributed by atoms with Crippen LogP contribution in [-0.2, 0) is 20.4 Å². The van der Waals surface area contributed by atoms with Crippen LogP contribution in [0, 0.1) is 0 Å². The Bertz CT molecular complexity index is 555. The number of hydrogen-bond acceptors (Lipinski definition) is 3. The zero-order valence-corrected chi connectivity index (χ0v) is 14.4. The van der Waals surface area contributed by atoms with Crippen LogP contribution in [0.4, 0.5) is 0 Å². The molecule has 4 heteroatoms. The molecule has 0 radical (unpaired) electrons. The second-order valence-electron chi connectivity index (χ2n) is 6.35. The van der Waals surface area contributed by atoms with E-state index in [2.05, 4.69) is 32.6 Å². The van der Waals surface area contributed by atoms with Gasteiger partial charge in [-0.25, -0.2) is 4.79 Å². The fourth-order valence-corrected chi connectivity index (χ4v) is 3.16. The lowest BCUT2D eigenvalue weighted by Crippen LogP contribution is -2.25. The molecule has 0 spiro atoms. The van der Waals surface area contributed by atoms with Crippen LogP contribution in [-0.4, -0.2) is 20.9 Å². The average molecular weight is 304 g/mol. The van der Waals surface area contributed by atoms with Gasteiger partial charge in [-0.2, -0.15) is 0 Å². The van der Waals surface area contributed by atoms with E-state index < -0.39 is 8.32 Å². The van der Waals surface area contributed by atoms with Gasteiger partial charge in [0.2, 0.25) is 8.32 Å². The summed E-state index contributed by atoms with van der Waals surface area (Å²) in [5, 5.41) is 0. The average Bonchev–Trinajstić information content (AvgIpc) is 2.76. The summed E-state index contributed by atoms with van der Waals surface area (Å²) in [6.07, 6.45) is 2.53. The highest BCUT2D eigenvalue weighted by Crippen LogP contribution is 2.36. The molecule has 21 heavy (non-hydrogen) atoms. The van der Waals surface area contributed by atoms with Crippen LogP contribution in [0.15, 0.2) is 29.8 Å². The predicted molar refractivity (Wildman–Crippen MR) is 87.4 cm³/mol. The van der Waals surface area contributed by atoms with Gasteiger partial charge in [0.15, 0.2) is 0 Å².